The fourth-order valence-corrected chi connectivity index (χ4v) is 1.97. The highest BCUT2D eigenvalue weighted by molar-refractivity contribution is 5.83. The van der Waals surface area contributed by atoms with Crippen molar-refractivity contribution >= 4 is 16.8 Å². The highest BCUT2D eigenvalue weighted by Crippen LogP contribution is 2.17. The number of hydrogen-bond acceptors (Lipinski definition) is 3. The zero-order valence-corrected chi connectivity index (χ0v) is 10.8. The summed E-state index contributed by atoms with van der Waals surface area (Å²) in [6.45, 7) is 1.52. The van der Waals surface area contributed by atoms with Gasteiger partial charge in [-0.3, -0.25) is 4.79 Å². The lowest BCUT2D eigenvalue weighted by Crippen LogP contribution is -2.30. The number of nitrogens with one attached hydrogen (secondary N) is 2. The highest BCUT2D eigenvalue weighted by Gasteiger charge is 2.04. The molecule has 0 atom stereocenters. The Morgan fingerprint density at radius 2 is 2.21 bits per heavy atom. The minimum Gasteiger partial charge on any atom is -0.370 e. The van der Waals surface area contributed by atoms with Crippen LogP contribution >= 0.6 is 0 Å². The van der Waals surface area contributed by atoms with Gasteiger partial charge in [-0.05, 0) is 18.1 Å². The summed E-state index contributed by atoms with van der Waals surface area (Å²) < 4.78 is 5.06. The number of rotatable bonds is 7. The molecule has 1 aromatic carbocycles. The van der Waals surface area contributed by atoms with Gasteiger partial charge in [0, 0.05) is 30.2 Å². The predicted molar refractivity (Wildman–Crippen MR) is 74.9 cm³/mol. The molecular weight excluding hydrogens is 242 g/mol. The maximum absolute atomic E-state index is 11.4. The predicted octanol–water partition coefficient (Wildman–Crippen LogP) is 0.802. The molecule has 0 fully saturated rings. The van der Waals surface area contributed by atoms with E-state index in [-0.39, 0.29) is 12.5 Å². The Morgan fingerprint density at radius 3 is 3.05 bits per heavy atom. The van der Waals surface area contributed by atoms with Crippen LogP contribution in [0.5, 0.6) is 0 Å². The summed E-state index contributed by atoms with van der Waals surface area (Å²) in [7, 11) is 0. The summed E-state index contributed by atoms with van der Waals surface area (Å²) >= 11 is 0. The van der Waals surface area contributed by atoms with E-state index in [0.29, 0.717) is 19.7 Å². The molecule has 0 bridgehead atoms. The summed E-state index contributed by atoms with van der Waals surface area (Å²) in [5.74, 6) is -0.103. The van der Waals surface area contributed by atoms with Crippen molar-refractivity contribution in [3.63, 3.8) is 0 Å². The molecule has 1 heterocycles. The Balaban J connectivity index is 1.78. The number of carbonyl (C=O) groups is 1. The van der Waals surface area contributed by atoms with E-state index in [4.69, 9.17) is 10.5 Å². The zero-order valence-electron chi connectivity index (χ0n) is 10.8. The number of amides is 1. The molecule has 1 amide bonds. The lowest BCUT2D eigenvalue weighted by Gasteiger charge is -2.05. The maximum atomic E-state index is 11.4. The number of fused-ring (bicyclic) bond motifs is 1. The molecule has 2 rings (SSSR count). The third-order valence-electron chi connectivity index (χ3n) is 2.89. The van der Waals surface area contributed by atoms with Gasteiger partial charge in [-0.15, -0.1) is 0 Å². The van der Waals surface area contributed by atoms with Gasteiger partial charge < -0.3 is 20.8 Å². The van der Waals surface area contributed by atoms with Crippen molar-refractivity contribution in [1.82, 2.24) is 10.3 Å². The minimum absolute atomic E-state index is 0.0745. The molecule has 4 N–H and O–H groups in total. The Hall–Kier alpha value is -1.85. The molecule has 1 aromatic heterocycles. The lowest BCUT2D eigenvalue weighted by molar-refractivity contribution is -0.125. The molecule has 0 aliphatic heterocycles. The van der Waals surface area contributed by atoms with Crippen LogP contribution in [0.3, 0.4) is 0 Å². The molecule has 0 radical (unpaired) electrons. The molecule has 5 nitrogen and oxygen atoms in total. The molecule has 0 spiro atoms. The van der Waals surface area contributed by atoms with Crippen molar-refractivity contribution in [3.05, 3.63) is 36.0 Å². The average Bonchev–Trinajstić information content (AvgIpc) is 2.83. The van der Waals surface area contributed by atoms with E-state index in [0.717, 1.165) is 11.9 Å². The zero-order chi connectivity index (χ0) is 13.5. The normalized spacial score (nSPS) is 10.8. The van der Waals surface area contributed by atoms with Crippen molar-refractivity contribution in [2.24, 2.45) is 5.73 Å². The van der Waals surface area contributed by atoms with Crippen LogP contribution in [0.25, 0.3) is 10.9 Å². The number of nitrogens with two attached hydrogens (primary N) is 1. The highest BCUT2D eigenvalue weighted by atomic mass is 16.5. The van der Waals surface area contributed by atoms with E-state index in [1.807, 2.05) is 24.4 Å². The molecule has 0 saturated carbocycles. The largest absolute Gasteiger partial charge is 0.370 e. The number of benzene rings is 1. The van der Waals surface area contributed by atoms with E-state index in [2.05, 4.69) is 16.4 Å². The Bertz CT molecular complexity index is 536. The van der Waals surface area contributed by atoms with E-state index in [9.17, 15) is 4.79 Å². The van der Waals surface area contributed by atoms with Gasteiger partial charge in [0.15, 0.2) is 0 Å². The summed E-state index contributed by atoms with van der Waals surface area (Å²) in [5.41, 5.74) is 7.60. The summed E-state index contributed by atoms with van der Waals surface area (Å²) in [5, 5.41) is 4.03. The van der Waals surface area contributed by atoms with Crippen LogP contribution in [0.4, 0.5) is 0 Å². The van der Waals surface area contributed by atoms with Crippen molar-refractivity contribution in [3.8, 4) is 0 Å². The van der Waals surface area contributed by atoms with Crippen LogP contribution in [-0.4, -0.2) is 37.2 Å². The number of para-hydroxylation sites is 1. The minimum atomic E-state index is -0.103. The lowest BCUT2D eigenvalue weighted by atomic mass is 10.1. The molecule has 19 heavy (non-hydrogen) atoms. The second-order valence-electron chi connectivity index (χ2n) is 4.30. The molecule has 0 aliphatic rings. The van der Waals surface area contributed by atoms with E-state index >= 15 is 0 Å². The fraction of sp³-hybridized carbons (Fsp3) is 0.357. The van der Waals surface area contributed by atoms with Crippen LogP contribution in [0, 0.1) is 0 Å². The van der Waals surface area contributed by atoms with Crippen molar-refractivity contribution in [1.29, 1.82) is 0 Å². The summed E-state index contributed by atoms with van der Waals surface area (Å²) in [4.78, 5) is 14.6. The van der Waals surface area contributed by atoms with Gasteiger partial charge in [-0.1, -0.05) is 18.2 Å². The molecular formula is C14H19N3O2. The molecule has 0 unspecified atom stereocenters. The second-order valence-corrected chi connectivity index (χ2v) is 4.30. The first-order valence-electron chi connectivity index (χ1n) is 6.41. The quantitative estimate of drug-likeness (QED) is 0.645. The first kappa shape index (κ1) is 13.6. The number of ether oxygens (including phenoxy) is 1. The topological polar surface area (TPSA) is 80.1 Å². The molecule has 5 heteroatoms. The SMILES string of the molecule is NCCOCC(=O)NCCc1c[nH]c2ccccc12. The molecule has 0 saturated heterocycles. The fourth-order valence-electron chi connectivity index (χ4n) is 1.97. The van der Waals surface area contributed by atoms with Gasteiger partial charge in [0.2, 0.25) is 5.91 Å². The van der Waals surface area contributed by atoms with Gasteiger partial charge in [0.25, 0.3) is 0 Å². The van der Waals surface area contributed by atoms with E-state index in [1.165, 1.54) is 10.9 Å². The van der Waals surface area contributed by atoms with Crippen LogP contribution in [0.15, 0.2) is 30.5 Å². The van der Waals surface area contributed by atoms with Crippen LogP contribution in [-0.2, 0) is 16.0 Å². The second kappa shape index (κ2) is 6.92. The van der Waals surface area contributed by atoms with Gasteiger partial charge in [-0.2, -0.15) is 0 Å². The van der Waals surface area contributed by atoms with Gasteiger partial charge in [-0.25, -0.2) is 0 Å². The monoisotopic (exact) mass is 261 g/mol. The number of H-pyrrole nitrogens is 1. The summed E-state index contributed by atoms with van der Waals surface area (Å²) in [6, 6.07) is 8.13. The van der Waals surface area contributed by atoms with E-state index in [1.54, 1.807) is 0 Å². The van der Waals surface area contributed by atoms with Crippen molar-refractivity contribution < 1.29 is 9.53 Å². The summed E-state index contributed by atoms with van der Waals surface area (Å²) in [6.07, 6.45) is 2.79. The third kappa shape index (κ3) is 3.81. The third-order valence-corrected chi connectivity index (χ3v) is 2.89. The molecule has 0 aliphatic carbocycles. The smallest absolute Gasteiger partial charge is 0.246 e. The standard InChI is InChI=1S/C14H19N3O2/c15-6-8-19-10-14(18)16-7-5-11-9-17-13-4-2-1-3-12(11)13/h1-4,9,17H,5-8,10,15H2,(H,16,18). The van der Waals surface area contributed by atoms with Gasteiger partial charge in [0.05, 0.1) is 6.61 Å². The van der Waals surface area contributed by atoms with E-state index < -0.39 is 0 Å². The van der Waals surface area contributed by atoms with Crippen LogP contribution in [0.2, 0.25) is 0 Å². The van der Waals surface area contributed by atoms with Gasteiger partial charge >= 0.3 is 0 Å². The van der Waals surface area contributed by atoms with Crippen molar-refractivity contribution in [2.45, 2.75) is 6.42 Å². The number of carbonyl (C=O) groups excluding carboxylic acids is 1. The van der Waals surface area contributed by atoms with Crippen LogP contribution in [0.1, 0.15) is 5.56 Å². The average molecular weight is 261 g/mol. The maximum Gasteiger partial charge on any atom is 0.246 e. The number of aromatic amines is 1. The molecule has 2 aromatic rings. The van der Waals surface area contributed by atoms with Crippen LogP contribution < -0.4 is 11.1 Å². The Morgan fingerprint density at radius 1 is 1.37 bits per heavy atom. The van der Waals surface area contributed by atoms with Gasteiger partial charge in [0.1, 0.15) is 6.61 Å². The number of aromatic nitrogens is 1. The first-order valence-corrected chi connectivity index (χ1v) is 6.41. The number of hydrogen-bond donors (Lipinski definition) is 3. The Kier molecular flexibility index (Phi) is 4.94. The van der Waals surface area contributed by atoms with Crippen molar-refractivity contribution in [2.75, 3.05) is 26.3 Å². The molecule has 102 valence electrons. The first-order chi connectivity index (χ1) is 9.31. The Labute approximate surface area is 112 Å².